The number of furan rings is 1. The molecule has 1 saturated heterocycles. The van der Waals surface area contributed by atoms with E-state index >= 15 is 0 Å². The lowest BCUT2D eigenvalue weighted by molar-refractivity contribution is -0.126. The molecular weight excluding hydrogens is 356 g/mol. The van der Waals surface area contributed by atoms with Crippen LogP contribution in [0, 0.1) is 12.8 Å². The average Bonchev–Trinajstić information content (AvgIpc) is 3.26. The van der Waals surface area contributed by atoms with Gasteiger partial charge in [-0.15, -0.1) is 10.2 Å². The summed E-state index contributed by atoms with van der Waals surface area (Å²) >= 11 is 3.32. The molecule has 0 aromatic carbocycles. The summed E-state index contributed by atoms with van der Waals surface area (Å²) in [5.41, 5.74) is 0. The molecule has 3 heterocycles. The normalized spacial score (nSPS) is 18.4. The molecule has 1 amide bonds. The average molecular weight is 381 g/mol. The minimum absolute atomic E-state index is 0.0853. The standard InChI is InChI=1S/C17H24N4O2S2/c1-13-19-20-17(25-13)24-10-4-7-18-16(22)14-5-2-8-21(11-14)12-15-6-3-9-23-15/h3,6,9,14H,2,4-5,7-8,10-12H2,1H3,(H,18,22)/t14-/m0/s1. The highest BCUT2D eigenvalue weighted by molar-refractivity contribution is 8.01. The van der Waals surface area contributed by atoms with E-state index in [0.29, 0.717) is 0 Å². The highest BCUT2D eigenvalue weighted by Crippen LogP contribution is 2.22. The maximum absolute atomic E-state index is 12.4. The van der Waals surface area contributed by atoms with Gasteiger partial charge in [-0.2, -0.15) is 0 Å². The molecular formula is C17H24N4O2S2. The highest BCUT2D eigenvalue weighted by atomic mass is 32.2. The Labute approximate surface area is 156 Å². The molecule has 2 aromatic rings. The zero-order valence-electron chi connectivity index (χ0n) is 14.4. The van der Waals surface area contributed by atoms with Crippen LogP contribution in [0.3, 0.4) is 0 Å². The molecule has 0 aliphatic carbocycles. The SMILES string of the molecule is Cc1nnc(SCCCNC(=O)[C@H]2CCCN(Cc3ccco3)C2)s1. The van der Waals surface area contributed by atoms with Crippen LogP contribution in [0.2, 0.25) is 0 Å². The first kappa shape index (κ1) is 18.4. The Balaban J connectivity index is 1.33. The van der Waals surface area contributed by atoms with Crippen molar-refractivity contribution in [1.82, 2.24) is 20.4 Å². The number of hydrogen-bond acceptors (Lipinski definition) is 7. The number of aromatic nitrogens is 2. The van der Waals surface area contributed by atoms with E-state index in [9.17, 15) is 4.79 Å². The van der Waals surface area contributed by atoms with E-state index in [1.54, 1.807) is 29.4 Å². The summed E-state index contributed by atoms with van der Waals surface area (Å²) in [6.45, 7) is 5.31. The van der Waals surface area contributed by atoms with Crippen molar-refractivity contribution in [3.05, 3.63) is 29.2 Å². The summed E-state index contributed by atoms with van der Waals surface area (Å²) in [7, 11) is 0. The number of nitrogens with one attached hydrogen (secondary N) is 1. The third-order valence-corrected chi connectivity index (χ3v) is 6.25. The molecule has 1 fully saturated rings. The smallest absolute Gasteiger partial charge is 0.224 e. The number of likely N-dealkylation sites (tertiary alicyclic amines) is 1. The maximum Gasteiger partial charge on any atom is 0.224 e. The molecule has 136 valence electrons. The third kappa shape index (κ3) is 5.83. The van der Waals surface area contributed by atoms with Gasteiger partial charge >= 0.3 is 0 Å². The monoisotopic (exact) mass is 380 g/mol. The van der Waals surface area contributed by atoms with Crippen molar-refractivity contribution in [3.8, 4) is 0 Å². The number of thioether (sulfide) groups is 1. The molecule has 1 N–H and O–H groups in total. The van der Waals surface area contributed by atoms with Crippen LogP contribution in [0.15, 0.2) is 27.2 Å². The quantitative estimate of drug-likeness (QED) is 0.561. The fraction of sp³-hybridized carbons (Fsp3) is 0.588. The topological polar surface area (TPSA) is 71.3 Å². The van der Waals surface area contributed by atoms with Crippen LogP contribution in [0.5, 0.6) is 0 Å². The zero-order chi connectivity index (χ0) is 17.5. The first-order chi connectivity index (χ1) is 12.2. The van der Waals surface area contributed by atoms with Crippen LogP contribution >= 0.6 is 23.1 Å². The molecule has 8 heteroatoms. The van der Waals surface area contributed by atoms with Gasteiger partial charge in [-0.05, 0) is 44.9 Å². The molecule has 0 saturated carbocycles. The van der Waals surface area contributed by atoms with Crippen molar-refractivity contribution < 1.29 is 9.21 Å². The van der Waals surface area contributed by atoms with Crippen molar-refractivity contribution >= 4 is 29.0 Å². The molecule has 0 unspecified atom stereocenters. The second-order valence-electron chi connectivity index (χ2n) is 6.23. The zero-order valence-corrected chi connectivity index (χ0v) is 16.1. The van der Waals surface area contributed by atoms with E-state index in [4.69, 9.17) is 4.42 Å². The number of hydrogen-bond donors (Lipinski definition) is 1. The Morgan fingerprint density at radius 1 is 1.52 bits per heavy atom. The van der Waals surface area contributed by atoms with E-state index in [2.05, 4.69) is 20.4 Å². The van der Waals surface area contributed by atoms with Gasteiger partial charge in [0.05, 0.1) is 18.7 Å². The summed E-state index contributed by atoms with van der Waals surface area (Å²) in [5.74, 6) is 2.18. The minimum atomic E-state index is 0.0853. The summed E-state index contributed by atoms with van der Waals surface area (Å²) in [4.78, 5) is 14.7. The van der Waals surface area contributed by atoms with Crippen molar-refractivity contribution in [3.63, 3.8) is 0 Å². The van der Waals surface area contributed by atoms with Crippen molar-refractivity contribution in [2.45, 2.75) is 37.1 Å². The van der Waals surface area contributed by atoms with Crippen LogP contribution in [-0.2, 0) is 11.3 Å². The number of piperidine rings is 1. The second kappa shape index (κ2) is 9.35. The second-order valence-corrected chi connectivity index (χ2v) is 8.76. The lowest BCUT2D eigenvalue weighted by Crippen LogP contribution is -2.42. The predicted molar refractivity (Wildman–Crippen MR) is 99.7 cm³/mol. The summed E-state index contributed by atoms with van der Waals surface area (Å²) < 4.78 is 6.41. The third-order valence-electron chi connectivity index (χ3n) is 4.19. The largest absolute Gasteiger partial charge is 0.468 e. The molecule has 0 spiro atoms. The Morgan fingerprint density at radius 2 is 2.44 bits per heavy atom. The van der Waals surface area contributed by atoms with Crippen molar-refractivity contribution in [2.75, 3.05) is 25.4 Å². The van der Waals surface area contributed by atoms with Gasteiger partial charge in [0, 0.05) is 18.8 Å². The van der Waals surface area contributed by atoms with Crippen LogP contribution in [0.1, 0.15) is 30.0 Å². The molecule has 0 radical (unpaired) electrons. The summed E-state index contributed by atoms with van der Waals surface area (Å²) in [6, 6.07) is 3.89. The van der Waals surface area contributed by atoms with E-state index in [0.717, 1.165) is 66.3 Å². The van der Waals surface area contributed by atoms with E-state index in [1.807, 2.05) is 19.1 Å². The first-order valence-electron chi connectivity index (χ1n) is 8.66. The summed E-state index contributed by atoms with van der Waals surface area (Å²) in [6.07, 6.45) is 4.67. The minimum Gasteiger partial charge on any atom is -0.468 e. The fourth-order valence-electron chi connectivity index (χ4n) is 2.96. The van der Waals surface area contributed by atoms with Gasteiger partial charge in [0.1, 0.15) is 10.8 Å². The number of nitrogens with zero attached hydrogens (tertiary/aromatic N) is 3. The van der Waals surface area contributed by atoms with E-state index < -0.39 is 0 Å². The number of rotatable bonds is 8. The Bertz CT molecular complexity index is 659. The molecule has 2 aromatic heterocycles. The van der Waals surface area contributed by atoms with Gasteiger partial charge in [0.25, 0.3) is 0 Å². The Hall–Kier alpha value is -1.38. The van der Waals surface area contributed by atoms with Gasteiger partial charge < -0.3 is 9.73 Å². The van der Waals surface area contributed by atoms with E-state index in [1.165, 1.54) is 0 Å². The summed E-state index contributed by atoms with van der Waals surface area (Å²) in [5, 5.41) is 12.2. The van der Waals surface area contributed by atoms with Crippen LogP contribution in [0.4, 0.5) is 0 Å². The van der Waals surface area contributed by atoms with Gasteiger partial charge in [-0.1, -0.05) is 23.1 Å². The van der Waals surface area contributed by atoms with Gasteiger partial charge in [0.2, 0.25) is 5.91 Å². The number of carbonyl (C=O) groups is 1. The van der Waals surface area contributed by atoms with Gasteiger partial charge in [0.15, 0.2) is 4.34 Å². The fourth-order valence-corrected chi connectivity index (χ4v) is 4.79. The van der Waals surface area contributed by atoms with Crippen LogP contribution in [-0.4, -0.2) is 46.4 Å². The molecule has 6 nitrogen and oxygen atoms in total. The van der Waals surface area contributed by atoms with Gasteiger partial charge in [-0.3, -0.25) is 9.69 Å². The molecule has 0 bridgehead atoms. The van der Waals surface area contributed by atoms with Crippen LogP contribution in [0.25, 0.3) is 0 Å². The molecule has 1 aliphatic heterocycles. The maximum atomic E-state index is 12.4. The Kier molecular flexibility index (Phi) is 6.89. The van der Waals surface area contributed by atoms with Crippen molar-refractivity contribution in [2.24, 2.45) is 5.92 Å². The lowest BCUT2D eigenvalue weighted by Gasteiger charge is -2.31. The number of amides is 1. The first-order valence-corrected chi connectivity index (χ1v) is 10.5. The molecule has 25 heavy (non-hydrogen) atoms. The molecule has 1 aliphatic rings. The molecule has 1 atom stereocenters. The highest BCUT2D eigenvalue weighted by Gasteiger charge is 2.25. The van der Waals surface area contributed by atoms with Gasteiger partial charge in [-0.25, -0.2) is 0 Å². The Morgan fingerprint density at radius 3 is 3.20 bits per heavy atom. The van der Waals surface area contributed by atoms with Crippen molar-refractivity contribution in [1.29, 1.82) is 0 Å². The van der Waals surface area contributed by atoms with E-state index in [-0.39, 0.29) is 11.8 Å². The lowest BCUT2D eigenvalue weighted by atomic mass is 9.97. The molecule has 3 rings (SSSR count). The van der Waals surface area contributed by atoms with Crippen LogP contribution < -0.4 is 5.32 Å². The number of carbonyl (C=O) groups excluding carboxylic acids is 1. The predicted octanol–water partition coefficient (Wildman–Crippen LogP) is 2.95. The number of aryl methyl sites for hydroxylation is 1.